The van der Waals surface area contributed by atoms with Gasteiger partial charge in [-0.25, -0.2) is 0 Å². The first-order valence-corrected chi connectivity index (χ1v) is 9.62. The predicted molar refractivity (Wildman–Crippen MR) is 106 cm³/mol. The Hall–Kier alpha value is -1.91. The lowest BCUT2D eigenvalue weighted by atomic mass is 9.99. The molecule has 0 amide bonds. The highest BCUT2D eigenvalue weighted by Crippen LogP contribution is 2.60. The molecule has 0 spiro atoms. The number of carbonyl (C=O) groups is 1. The molecule has 0 N–H and O–H groups in total. The lowest BCUT2D eigenvalue weighted by molar-refractivity contribution is -0.147. The average molecular weight is 425 g/mol. The fourth-order valence-corrected chi connectivity index (χ4v) is 3.76. The smallest absolute Gasteiger partial charge is 0.310 e. The Morgan fingerprint density at radius 2 is 1.75 bits per heavy atom. The van der Waals surface area contributed by atoms with Gasteiger partial charge in [-0.2, -0.15) is 8.78 Å². The van der Waals surface area contributed by atoms with Gasteiger partial charge in [-0.1, -0.05) is 85.6 Å². The molecule has 6 heteroatoms. The van der Waals surface area contributed by atoms with Gasteiger partial charge in [0.05, 0.1) is 5.92 Å². The number of ether oxygens (including phenoxy) is 1. The molecule has 28 heavy (non-hydrogen) atoms. The summed E-state index contributed by atoms with van der Waals surface area (Å²) >= 11 is 11.4. The van der Waals surface area contributed by atoms with Gasteiger partial charge in [0, 0.05) is 11.1 Å². The maximum atomic E-state index is 14.7. The summed E-state index contributed by atoms with van der Waals surface area (Å²) in [6.07, 6.45) is 1.63. The van der Waals surface area contributed by atoms with Crippen molar-refractivity contribution in [3.63, 3.8) is 0 Å². The zero-order chi connectivity index (χ0) is 20.5. The molecule has 2 aromatic rings. The Morgan fingerprint density at radius 3 is 2.39 bits per heavy atom. The molecule has 0 bridgehead atoms. The van der Waals surface area contributed by atoms with Gasteiger partial charge in [0.25, 0.3) is 5.92 Å². The van der Waals surface area contributed by atoms with Crippen LogP contribution >= 0.6 is 23.2 Å². The molecule has 0 heterocycles. The molecule has 0 saturated heterocycles. The molecule has 1 aliphatic rings. The van der Waals surface area contributed by atoms with Crippen molar-refractivity contribution >= 4 is 29.2 Å². The Kier molecular flexibility index (Phi) is 5.83. The number of rotatable bonds is 6. The molecule has 1 fully saturated rings. The van der Waals surface area contributed by atoms with Crippen LogP contribution in [0.4, 0.5) is 8.78 Å². The zero-order valence-electron chi connectivity index (χ0n) is 15.5. The van der Waals surface area contributed by atoms with Crippen molar-refractivity contribution in [1.82, 2.24) is 0 Å². The van der Waals surface area contributed by atoms with Gasteiger partial charge in [-0.05, 0) is 29.0 Å². The number of hydrogen-bond acceptors (Lipinski definition) is 2. The lowest BCUT2D eigenvalue weighted by Gasteiger charge is -2.18. The molecule has 2 aromatic carbocycles. The third-order valence-corrected chi connectivity index (χ3v) is 5.53. The van der Waals surface area contributed by atoms with Crippen LogP contribution in [0.1, 0.15) is 30.5 Å². The molecule has 2 atom stereocenters. The minimum atomic E-state index is -3.13. The number of halogens is 4. The van der Waals surface area contributed by atoms with Gasteiger partial charge >= 0.3 is 5.97 Å². The van der Waals surface area contributed by atoms with Crippen LogP contribution in [-0.4, -0.2) is 5.97 Å². The summed E-state index contributed by atoms with van der Waals surface area (Å²) in [6, 6.07) is 13.5. The van der Waals surface area contributed by atoms with E-state index in [0.29, 0.717) is 5.56 Å². The zero-order valence-corrected chi connectivity index (χ0v) is 17.0. The molecule has 2 unspecified atom stereocenters. The molecule has 0 radical (unpaired) electrons. The summed E-state index contributed by atoms with van der Waals surface area (Å²) in [6.45, 7) is 3.78. The van der Waals surface area contributed by atoms with Crippen molar-refractivity contribution < 1.29 is 18.3 Å². The second kappa shape index (κ2) is 7.84. The third-order valence-electron chi connectivity index (χ3n) is 5.28. The SMILES string of the molecule is CC1(C)C(C=C(Cl)Cl)C1C(=O)OCc1cccc(C(F)(F)c2ccccc2)c1. The monoisotopic (exact) mass is 424 g/mol. The summed E-state index contributed by atoms with van der Waals surface area (Å²) in [5.41, 5.74) is -0.0264. The van der Waals surface area contributed by atoms with Crippen LogP contribution < -0.4 is 0 Å². The van der Waals surface area contributed by atoms with Crippen LogP contribution in [0, 0.1) is 17.3 Å². The Labute approximate surface area is 173 Å². The van der Waals surface area contributed by atoms with Crippen molar-refractivity contribution in [3.8, 4) is 0 Å². The van der Waals surface area contributed by atoms with Gasteiger partial charge in [0.15, 0.2) is 0 Å². The highest BCUT2D eigenvalue weighted by atomic mass is 35.5. The second-order valence-electron chi connectivity index (χ2n) is 7.53. The topological polar surface area (TPSA) is 26.3 Å². The van der Waals surface area contributed by atoms with Crippen molar-refractivity contribution in [2.24, 2.45) is 17.3 Å². The quantitative estimate of drug-likeness (QED) is 0.497. The first-order chi connectivity index (χ1) is 13.1. The first kappa shape index (κ1) is 20.8. The standard InChI is InChI=1S/C22H20Cl2F2O2/c1-21(2)17(12-18(23)24)19(21)20(27)28-13-14-7-6-10-16(11-14)22(25,26)15-8-4-3-5-9-15/h3-12,17,19H,13H2,1-2H3. The van der Waals surface area contributed by atoms with Gasteiger partial charge in [-0.3, -0.25) is 4.79 Å². The van der Waals surface area contributed by atoms with E-state index in [2.05, 4.69) is 0 Å². The Balaban J connectivity index is 1.69. The molecule has 2 nitrogen and oxygen atoms in total. The fraction of sp³-hybridized carbons (Fsp3) is 0.318. The number of alkyl halides is 2. The summed E-state index contributed by atoms with van der Waals surface area (Å²) < 4.78 is 35.0. The minimum absolute atomic E-state index is 0.0742. The van der Waals surface area contributed by atoms with E-state index < -0.39 is 5.92 Å². The lowest BCUT2D eigenvalue weighted by Crippen LogP contribution is -2.16. The summed E-state index contributed by atoms with van der Waals surface area (Å²) in [5, 5.41) is 0. The molecule has 0 aromatic heterocycles. The largest absolute Gasteiger partial charge is 0.461 e. The van der Waals surface area contributed by atoms with E-state index >= 15 is 0 Å². The molecule has 1 aliphatic carbocycles. The van der Waals surface area contributed by atoms with Crippen LogP contribution in [0.15, 0.2) is 65.2 Å². The van der Waals surface area contributed by atoms with Crippen molar-refractivity contribution in [3.05, 3.63) is 81.9 Å². The minimum Gasteiger partial charge on any atom is -0.461 e. The molecule has 3 rings (SSSR count). The van der Waals surface area contributed by atoms with E-state index in [0.717, 1.165) is 0 Å². The number of benzene rings is 2. The van der Waals surface area contributed by atoms with Crippen molar-refractivity contribution in [2.75, 3.05) is 0 Å². The van der Waals surface area contributed by atoms with Crippen LogP contribution in [0.5, 0.6) is 0 Å². The van der Waals surface area contributed by atoms with E-state index in [-0.39, 0.29) is 45.4 Å². The van der Waals surface area contributed by atoms with E-state index in [1.54, 1.807) is 30.3 Å². The van der Waals surface area contributed by atoms with Crippen molar-refractivity contribution in [2.45, 2.75) is 26.4 Å². The average Bonchev–Trinajstić information content (AvgIpc) is 3.20. The third kappa shape index (κ3) is 4.23. The first-order valence-electron chi connectivity index (χ1n) is 8.86. The maximum absolute atomic E-state index is 14.7. The molecule has 1 saturated carbocycles. The normalized spacial score (nSPS) is 20.4. The van der Waals surface area contributed by atoms with Crippen LogP contribution in [-0.2, 0) is 22.1 Å². The molecular weight excluding hydrogens is 405 g/mol. The predicted octanol–water partition coefficient (Wildman–Crippen LogP) is 6.46. The van der Waals surface area contributed by atoms with Crippen molar-refractivity contribution in [1.29, 1.82) is 0 Å². The van der Waals surface area contributed by atoms with Gasteiger partial charge < -0.3 is 4.74 Å². The molecule has 0 aliphatic heterocycles. The molecular formula is C22H20Cl2F2O2. The van der Waals surface area contributed by atoms with Gasteiger partial charge in [-0.15, -0.1) is 0 Å². The second-order valence-corrected chi connectivity index (χ2v) is 8.54. The van der Waals surface area contributed by atoms with Crippen LogP contribution in [0.3, 0.4) is 0 Å². The van der Waals surface area contributed by atoms with E-state index in [1.165, 1.54) is 30.3 Å². The highest BCUT2D eigenvalue weighted by molar-refractivity contribution is 6.55. The number of carbonyl (C=O) groups excluding carboxylic acids is 1. The number of allylic oxidation sites excluding steroid dienone is 1. The van der Waals surface area contributed by atoms with Gasteiger partial charge in [0.2, 0.25) is 0 Å². The Bertz CT molecular complexity index is 890. The van der Waals surface area contributed by atoms with E-state index in [1.807, 2.05) is 13.8 Å². The van der Waals surface area contributed by atoms with E-state index in [9.17, 15) is 13.6 Å². The number of esters is 1. The summed E-state index contributed by atoms with van der Waals surface area (Å²) in [7, 11) is 0. The fourth-order valence-electron chi connectivity index (χ4n) is 3.49. The van der Waals surface area contributed by atoms with E-state index in [4.69, 9.17) is 27.9 Å². The highest BCUT2D eigenvalue weighted by Gasteiger charge is 2.61. The maximum Gasteiger partial charge on any atom is 0.310 e. The Morgan fingerprint density at radius 1 is 1.11 bits per heavy atom. The summed E-state index contributed by atoms with van der Waals surface area (Å²) in [4.78, 5) is 12.4. The molecule has 148 valence electrons. The number of hydrogen-bond donors (Lipinski definition) is 0. The summed E-state index contributed by atoms with van der Waals surface area (Å²) in [5.74, 6) is -3.97. The van der Waals surface area contributed by atoms with Gasteiger partial charge in [0.1, 0.15) is 11.1 Å². The van der Waals surface area contributed by atoms with Crippen LogP contribution in [0.2, 0.25) is 0 Å². The van der Waals surface area contributed by atoms with Crippen LogP contribution in [0.25, 0.3) is 0 Å².